The molecular formula is C21H19FN4O4. The standard InChI is InChI=1S/C21H19FN4O4/c22-13-7-12-8-15(11-26-20(27)17(10-23)19-24-5-2-6-25-19)29-18(12)16(9-13)21(28)30-14-3-1-4-14/h2,5-10,14H,1,3-4,11,23H2,(H,26,27)/b17-10+. The minimum Gasteiger partial charge on any atom is -0.459 e. The topological polar surface area (TPSA) is 120 Å². The van der Waals surface area contributed by atoms with Gasteiger partial charge in [0, 0.05) is 24.0 Å². The molecule has 0 radical (unpaired) electrons. The van der Waals surface area contributed by atoms with Gasteiger partial charge in [-0.3, -0.25) is 4.79 Å². The first-order chi connectivity index (χ1) is 14.5. The molecule has 30 heavy (non-hydrogen) atoms. The van der Waals surface area contributed by atoms with E-state index in [1.54, 1.807) is 12.1 Å². The molecule has 0 saturated heterocycles. The number of esters is 1. The second-order valence-electron chi connectivity index (χ2n) is 6.88. The molecule has 2 aromatic heterocycles. The Kier molecular flexibility index (Phi) is 5.42. The molecule has 3 aromatic rings. The van der Waals surface area contributed by atoms with Gasteiger partial charge in [0.1, 0.15) is 28.8 Å². The third-order valence-corrected chi connectivity index (χ3v) is 4.82. The highest BCUT2D eigenvalue weighted by molar-refractivity contribution is 6.18. The quantitative estimate of drug-likeness (QED) is 0.473. The molecule has 0 aliphatic heterocycles. The van der Waals surface area contributed by atoms with E-state index in [-0.39, 0.29) is 35.2 Å². The van der Waals surface area contributed by atoms with Crippen LogP contribution in [0, 0.1) is 5.82 Å². The van der Waals surface area contributed by atoms with Crippen LogP contribution in [0.4, 0.5) is 4.39 Å². The van der Waals surface area contributed by atoms with Gasteiger partial charge in [-0.2, -0.15) is 0 Å². The first-order valence-electron chi connectivity index (χ1n) is 9.45. The maximum atomic E-state index is 14.0. The number of furan rings is 1. The fourth-order valence-electron chi connectivity index (χ4n) is 3.06. The Morgan fingerprint density at radius 1 is 1.27 bits per heavy atom. The molecule has 1 aliphatic rings. The lowest BCUT2D eigenvalue weighted by Gasteiger charge is -2.25. The van der Waals surface area contributed by atoms with Crippen molar-refractivity contribution in [2.45, 2.75) is 31.9 Å². The van der Waals surface area contributed by atoms with Crippen molar-refractivity contribution >= 4 is 28.4 Å². The number of carbonyl (C=O) groups is 2. The van der Waals surface area contributed by atoms with E-state index < -0.39 is 17.7 Å². The second-order valence-corrected chi connectivity index (χ2v) is 6.88. The molecule has 8 nitrogen and oxygen atoms in total. The van der Waals surface area contributed by atoms with Gasteiger partial charge in [-0.05, 0) is 43.5 Å². The van der Waals surface area contributed by atoms with Gasteiger partial charge in [0.05, 0.1) is 12.1 Å². The Hall–Kier alpha value is -3.75. The van der Waals surface area contributed by atoms with Crippen molar-refractivity contribution in [2.75, 3.05) is 0 Å². The van der Waals surface area contributed by atoms with Crippen LogP contribution in [-0.4, -0.2) is 27.9 Å². The van der Waals surface area contributed by atoms with Crippen molar-refractivity contribution in [3.05, 3.63) is 65.8 Å². The summed E-state index contributed by atoms with van der Waals surface area (Å²) in [5, 5.41) is 3.06. The van der Waals surface area contributed by atoms with Crippen molar-refractivity contribution in [1.82, 2.24) is 15.3 Å². The van der Waals surface area contributed by atoms with Gasteiger partial charge < -0.3 is 20.2 Å². The number of nitrogens with one attached hydrogen (secondary N) is 1. The summed E-state index contributed by atoms with van der Waals surface area (Å²) >= 11 is 0. The smallest absolute Gasteiger partial charge is 0.342 e. The fraction of sp³-hybridized carbons (Fsp3) is 0.238. The Morgan fingerprint density at radius 3 is 2.70 bits per heavy atom. The van der Waals surface area contributed by atoms with Crippen LogP contribution in [-0.2, 0) is 16.1 Å². The molecule has 0 bridgehead atoms. The van der Waals surface area contributed by atoms with Crippen LogP contribution in [0.3, 0.4) is 0 Å². The van der Waals surface area contributed by atoms with Gasteiger partial charge in [0.15, 0.2) is 5.82 Å². The summed E-state index contributed by atoms with van der Waals surface area (Å²) in [6.07, 6.45) is 6.60. The highest BCUT2D eigenvalue weighted by atomic mass is 19.1. The number of amides is 1. The van der Waals surface area contributed by atoms with E-state index in [1.165, 1.54) is 18.5 Å². The summed E-state index contributed by atoms with van der Waals surface area (Å²) in [4.78, 5) is 32.9. The summed E-state index contributed by atoms with van der Waals surface area (Å²) < 4.78 is 25.1. The number of rotatable bonds is 6. The summed E-state index contributed by atoms with van der Waals surface area (Å²) in [6.45, 7) is -0.00355. The van der Waals surface area contributed by atoms with Gasteiger partial charge in [-0.1, -0.05) is 0 Å². The van der Waals surface area contributed by atoms with E-state index in [1.807, 2.05) is 0 Å². The molecule has 4 rings (SSSR count). The molecule has 1 fully saturated rings. The van der Waals surface area contributed by atoms with Crippen LogP contribution in [0.1, 0.15) is 41.2 Å². The highest BCUT2D eigenvalue weighted by Crippen LogP contribution is 2.28. The van der Waals surface area contributed by atoms with Gasteiger partial charge in [-0.25, -0.2) is 19.2 Å². The van der Waals surface area contributed by atoms with E-state index in [4.69, 9.17) is 14.9 Å². The molecular weight excluding hydrogens is 391 g/mol. The van der Waals surface area contributed by atoms with Crippen LogP contribution in [0.15, 0.2) is 47.3 Å². The van der Waals surface area contributed by atoms with Crippen molar-refractivity contribution in [3.8, 4) is 0 Å². The van der Waals surface area contributed by atoms with Crippen LogP contribution in [0.25, 0.3) is 16.5 Å². The summed E-state index contributed by atoms with van der Waals surface area (Å²) in [6, 6.07) is 5.53. The molecule has 9 heteroatoms. The molecule has 1 amide bonds. The minimum absolute atomic E-state index is 0.00355. The fourth-order valence-corrected chi connectivity index (χ4v) is 3.06. The van der Waals surface area contributed by atoms with E-state index in [0.29, 0.717) is 11.1 Å². The minimum atomic E-state index is -0.622. The lowest BCUT2D eigenvalue weighted by atomic mass is 9.96. The number of nitrogens with two attached hydrogens (primary N) is 1. The lowest BCUT2D eigenvalue weighted by Crippen LogP contribution is -2.25. The summed E-state index contributed by atoms with van der Waals surface area (Å²) in [5.74, 6) is -1.17. The molecule has 1 aromatic carbocycles. The number of halogens is 1. The zero-order valence-corrected chi connectivity index (χ0v) is 15.9. The van der Waals surface area contributed by atoms with E-state index in [0.717, 1.165) is 31.5 Å². The van der Waals surface area contributed by atoms with Gasteiger partial charge >= 0.3 is 5.97 Å². The molecule has 0 spiro atoms. The van der Waals surface area contributed by atoms with E-state index in [9.17, 15) is 14.0 Å². The number of benzene rings is 1. The van der Waals surface area contributed by atoms with Crippen molar-refractivity contribution in [3.63, 3.8) is 0 Å². The number of nitrogens with zero attached hydrogens (tertiary/aromatic N) is 2. The Balaban J connectivity index is 1.51. The number of carbonyl (C=O) groups excluding carboxylic acids is 2. The monoisotopic (exact) mass is 410 g/mol. The van der Waals surface area contributed by atoms with Gasteiger partial charge in [0.25, 0.3) is 5.91 Å². The molecule has 2 heterocycles. The Bertz CT molecular complexity index is 1120. The highest BCUT2D eigenvalue weighted by Gasteiger charge is 2.25. The number of aromatic nitrogens is 2. The van der Waals surface area contributed by atoms with Crippen molar-refractivity contribution in [1.29, 1.82) is 0 Å². The Morgan fingerprint density at radius 2 is 2.03 bits per heavy atom. The second kappa shape index (κ2) is 8.32. The average molecular weight is 410 g/mol. The number of hydrogen-bond donors (Lipinski definition) is 2. The third-order valence-electron chi connectivity index (χ3n) is 4.82. The van der Waals surface area contributed by atoms with Crippen LogP contribution < -0.4 is 11.1 Å². The lowest BCUT2D eigenvalue weighted by molar-refractivity contribution is -0.115. The van der Waals surface area contributed by atoms with Crippen molar-refractivity contribution < 1.29 is 23.1 Å². The summed E-state index contributed by atoms with van der Waals surface area (Å²) in [7, 11) is 0. The van der Waals surface area contributed by atoms with Gasteiger partial charge in [-0.15, -0.1) is 0 Å². The van der Waals surface area contributed by atoms with Crippen LogP contribution >= 0.6 is 0 Å². The normalized spacial score (nSPS) is 14.4. The SMILES string of the molecule is N/C=C(/C(=O)NCc1cc2cc(F)cc(C(=O)OC3CCC3)c2o1)c1ncccn1. The first-order valence-corrected chi connectivity index (χ1v) is 9.45. The number of ether oxygens (including phenoxy) is 1. The molecule has 0 unspecified atom stereocenters. The first kappa shape index (κ1) is 19.6. The summed E-state index contributed by atoms with van der Waals surface area (Å²) in [5.41, 5.74) is 5.88. The van der Waals surface area contributed by atoms with Crippen LogP contribution in [0.5, 0.6) is 0 Å². The van der Waals surface area contributed by atoms with Gasteiger partial charge in [0.2, 0.25) is 0 Å². The predicted molar refractivity (Wildman–Crippen MR) is 105 cm³/mol. The van der Waals surface area contributed by atoms with E-state index >= 15 is 0 Å². The number of hydrogen-bond acceptors (Lipinski definition) is 7. The molecule has 0 atom stereocenters. The van der Waals surface area contributed by atoms with Crippen LogP contribution in [0.2, 0.25) is 0 Å². The van der Waals surface area contributed by atoms with E-state index in [2.05, 4.69) is 15.3 Å². The molecule has 154 valence electrons. The third kappa shape index (κ3) is 4.00. The molecule has 1 aliphatic carbocycles. The maximum absolute atomic E-state index is 14.0. The molecule has 3 N–H and O–H groups in total. The number of fused-ring (bicyclic) bond motifs is 1. The molecule has 1 saturated carbocycles. The predicted octanol–water partition coefficient (Wildman–Crippen LogP) is 2.69. The zero-order chi connectivity index (χ0) is 21.1. The zero-order valence-electron chi connectivity index (χ0n) is 15.9. The van der Waals surface area contributed by atoms with Crippen molar-refractivity contribution in [2.24, 2.45) is 5.73 Å². The Labute approximate surface area is 170 Å². The average Bonchev–Trinajstić information content (AvgIpc) is 3.12. The maximum Gasteiger partial charge on any atom is 0.342 e. The largest absolute Gasteiger partial charge is 0.459 e.